The number of sulfonamides is 1. The van der Waals surface area contributed by atoms with E-state index in [9.17, 15) is 12.8 Å². The fraction of sp³-hybridized carbons (Fsp3) is 0.667. The van der Waals surface area contributed by atoms with E-state index in [1.807, 2.05) is 0 Å². The van der Waals surface area contributed by atoms with E-state index >= 15 is 0 Å². The predicted octanol–water partition coefficient (Wildman–Crippen LogP) is 2.96. The summed E-state index contributed by atoms with van der Waals surface area (Å²) in [5.41, 5.74) is 0. The zero-order chi connectivity index (χ0) is 17.3. The van der Waals surface area contributed by atoms with Gasteiger partial charge in [-0.1, -0.05) is 19.9 Å². The van der Waals surface area contributed by atoms with Gasteiger partial charge < -0.3 is 0 Å². The van der Waals surface area contributed by atoms with Crippen LogP contribution in [0.25, 0.3) is 0 Å². The molecule has 1 aromatic rings. The van der Waals surface area contributed by atoms with E-state index in [0.717, 1.165) is 32.0 Å². The molecule has 0 N–H and O–H groups in total. The van der Waals surface area contributed by atoms with Crippen molar-refractivity contribution >= 4 is 10.0 Å². The molecule has 24 heavy (non-hydrogen) atoms. The Morgan fingerprint density at radius 3 is 2.29 bits per heavy atom. The minimum atomic E-state index is -3.59. The van der Waals surface area contributed by atoms with Crippen molar-refractivity contribution in [2.75, 3.05) is 26.2 Å². The number of nitrogens with zero attached hydrogens (tertiary/aromatic N) is 2. The van der Waals surface area contributed by atoms with Gasteiger partial charge >= 0.3 is 0 Å². The molecule has 0 aliphatic carbocycles. The highest BCUT2D eigenvalue weighted by atomic mass is 32.2. The van der Waals surface area contributed by atoms with E-state index in [1.165, 1.54) is 28.9 Å². The van der Waals surface area contributed by atoms with Crippen LogP contribution in [-0.4, -0.2) is 49.8 Å². The van der Waals surface area contributed by atoms with Gasteiger partial charge in [-0.3, -0.25) is 4.90 Å². The first kappa shape index (κ1) is 17.8. The second-order valence-electron chi connectivity index (χ2n) is 7.49. The molecule has 3 rings (SSSR count). The van der Waals surface area contributed by atoms with Crippen LogP contribution in [0.2, 0.25) is 0 Å². The summed E-state index contributed by atoms with van der Waals surface area (Å²) < 4.78 is 40.2. The standard InChI is InChI=1S/C18H27FN2O2S/c1-14-10-15(2)13-20(12-14)17-6-8-21(9-7-17)24(22,23)18-5-3-4-16(19)11-18/h3-5,11,14-15,17H,6-10,12-13H2,1-2H3/t14-,15+. The van der Waals surface area contributed by atoms with Crippen LogP contribution in [-0.2, 0) is 10.0 Å². The molecular formula is C18H27FN2O2S. The highest BCUT2D eigenvalue weighted by Crippen LogP contribution is 2.28. The van der Waals surface area contributed by atoms with Gasteiger partial charge in [-0.05, 0) is 49.3 Å². The van der Waals surface area contributed by atoms with Gasteiger partial charge in [0.1, 0.15) is 5.82 Å². The first-order valence-corrected chi connectivity index (χ1v) is 10.3. The molecule has 2 saturated heterocycles. The number of halogens is 1. The molecule has 0 unspecified atom stereocenters. The molecule has 2 atom stereocenters. The number of piperidine rings is 2. The van der Waals surface area contributed by atoms with Crippen molar-refractivity contribution in [2.45, 2.75) is 44.0 Å². The van der Waals surface area contributed by atoms with Gasteiger partial charge in [0.05, 0.1) is 4.90 Å². The maximum atomic E-state index is 13.4. The highest BCUT2D eigenvalue weighted by molar-refractivity contribution is 7.89. The molecule has 0 amide bonds. The fourth-order valence-corrected chi connectivity index (χ4v) is 5.74. The van der Waals surface area contributed by atoms with Crippen molar-refractivity contribution in [3.8, 4) is 0 Å². The molecule has 1 aromatic carbocycles. The topological polar surface area (TPSA) is 40.6 Å². The van der Waals surface area contributed by atoms with Gasteiger partial charge in [0, 0.05) is 32.2 Å². The maximum absolute atomic E-state index is 13.4. The normalized spacial score (nSPS) is 28.1. The number of rotatable bonds is 3. The Morgan fingerprint density at radius 1 is 1.08 bits per heavy atom. The molecule has 4 nitrogen and oxygen atoms in total. The SMILES string of the molecule is C[C@@H]1C[C@H](C)CN(C2CCN(S(=O)(=O)c3cccc(F)c3)CC2)C1. The Hall–Kier alpha value is -0.980. The van der Waals surface area contributed by atoms with Crippen LogP contribution >= 0.6 is 0 Å². The lowest BCUT2D eigenvalue weighted by Crippen LogP contribution is -2.50. The summed E-state index contributed by atoms with van der Waals surface area (Å²) >= 11 is 0. The van der Waals surface area contributed by atoms with Crippen LogP contribution in [0.4, 0.5) is 4.39 Å². The van der Waals surface area contributed by atoms with E-state index in [1.54, 1.807) is 0 Å². The van der Waals surface area contributed by atoms with Crippen molar-refractivity contribution in [3.63, 3.8) is 0 Å². The molecule has 2 fully saturated rings. The first-order valence-electron chi connectivity index (χ1n) is 8.86. The maximum Gasteiger partial charge on any atom is 0.243 e. The average molecular weight is 354 g/mol. The third-order valence-electron chi connectivity index (χ3n) is 5.27. The molecule has 2 aliphatic rings. The molecule has 0 aromatic heterocycles. The van der Waals surface area contributed by atoms with Crippen molar-refractivity contribution < 1.29 is 12.8 Å². The van der Waals surface area contributed by atoms with Gasteiger partial charge in [-0.15, -0.1) is 0 Å². The second-order valence-corrected chi connectivity index (χ2v) is 9.43. The van der Waals surface area contributed by atoms with Gasteiger partial charge in [-0.25, -0.2) is 12.8 Å². The number of benzene rings is 1. The first-order chi connectivity index (χ1) is 11.4. The van der Waals surface area contributed by atoms with Crippen molar-refractivity contribution in [3.05, 3.63) is 30.1 Å². The average Bonchev–Trinajstić information content (AvgIpc) is 2.54. The van der Waals surface area contributed by atoms with Crippen LogP contribution in [0.15, 0.2) is 29.2 Å². The Kier molecular flexibility index (Phi) is 5.27. The largest absolute Gasteiger partial charge is 0.300 e. The van der Waals surface area contributed by atoms with Crippen LogP contribution < -0.4 is 0 Å². The lowest BCUT2D eigenvalue weighted by atomic mass is 9.89. The molecule has 0 spiro atoms. The lowest BCUT2D eigenvalue weighted by molar-refractivity contribution is 0.0689. The third-order valence-corrected chi connectivity index (χ3v) is 7.17. The molecule has 0 saturated carbocycles. The minimum absolute atomic E-state index is 0.0566. The van der Waals surface area contributed by atoms with Crippen LogP contribution in [0.5, 0.6) is 0 Å². The molecule has 0 bridgehead atoms. The Balaban J connectivity index is 1.64. The molecular weight excluding hydrogens is 327 g/mol. The van der Waals surface area contributed by atoms with Crippen LogP contribution in [0.1, 0.15) is 33.1 Å². The van der Waals surface area contributed by atoms with E-state index in [2.05, 4.69) is 18.7 Å². The zero-order valence-electron chi connectivity index (χ0n) is 14.5. The number of hydrogen-bond donors (Lipinski definition) is 0. The summed E-state index contributed by atoms with van der Waals surface area (Å²) in [6.07, 6.45) is 2.99. The van der Waals surface area contributed by atoms with E-state index in [4.69, 9.17) is 0 Å². The number of likely N-dealkylation sites (tertiary alicyclic amines) is 1. The van der Waals surface area contributed by atoms with Crippen molar-refractivity contribution in [1.29, 1.82) is 0 Å². The summed E-state index contributed by atoms with van der Waals surface area (Å²) in [5.74, 6) is 0.910. The second kappa shape index (κ2) is 7.10. The van der Waals surface area contributed by atoms with Crippen molar-refractivity contribution in [1.82, 2.24) is 9.21 Å². The number of hydrogen-bond acceptors (Lipinski definition) is 3. The summed E-state index contributed by atoms with van der Waals surface area (Å²) in [6.45, 7) is 7.86. The lowest BCUT2D eigenvalue weighted by Gasteiger charge is -2.43. The van der Waals surface area contributed by atoms with E-state index in [0.29, 0.717) is 31.0 Å². The molecule has 2 aliphatic heterocycles. The Morgan fingerprint density at radius 2 is 1.71 bits per heavy atom. The smallest absolute Gasteiger partial charge is 0.243 e. The molecule has 134 valence electrons. The minimum Gasteiger partial charge on any atom is -0.300 e. The Labute approximate surface area is 144 Å². The fourth-order valence-electron chi connectivity index (χ4n) is 4.23. The van der Waals surface area contributed by atoms with E-state index < -0.39 is 15.8 Å². The Bertz CT molecular complexity index is 661. The van der Waals surface area contributed by atoms with Gasteiger partial charge in [0.15, 0.2) is 0 Å². The quantitative estimate of drug-likeness (QED) is 0.838. The molecule has 2 heterocycles. The monoisotopic (exact) mass is 354 g/mol. The highest BCUT2D eigenvalue weighted by Gasteiger charge is 2.34. The van der Waals surface area contributed by atoms with Crippen LogP contribution in [0.3, 0.4) is 0 Å². The van der Waals surface area contributed by atoms with E-state index in [-0.39, 0.29) is 4.90 Å². The molecule has 0 radical (unpaired) electrons. The van der Waals surface area contributed by atoms with Crippen molar-refractivity contribution in [2.24, 2.45) is 11.8 Å². The van der Waals surface area contributed by atoms with Gasteiger partial charge in [0.2, 0.25) is 10.0 Å². The van der Waals surface area contributed by atoms with Gasteiger partial charge in [-0.2, -0.15) is 4.31 Å². The summed E-state index contributed by atoms with van der Waals surface area (Å²) in [6, 6.07) is 5.76. The summed E-state index contributed by atoms with van der Waals surface area (Å²) in [7, 11) is -3.59. The van der Waals surface area contributed by atoms with Gasteiger partial charge in [0.25, 0.3) is 0 Å². The van der Waals surface area contributed by atoms with Crippen LogP contribution in [0, 0.1) is 17.7 Å². The summed E-state index contributed by atoms with van der Waals surface area (Å²) in [4.78, 5) is 2.60. The third kappa shape index (κ3) is 3.81. The predicted molar refractivity (Wildman–Crippen MR) is 92.7 cm³/mol. The summed E-state index contributed by atoms with van der Waals surface area (Å²) in [5, 5.41) is 0. The molecule has 6 heteroatoms. The zero-order valence-corrected chi connectivity index (χ0v) is 15.3.